The zero-order valence-electron chi connectivity index (χ0n) is 17.0. The maximum atomic E-state index is 12.5. The number of nitrogens with zero attached hydrogens (tertiary/aromatic N) is 5. The van der Waals surface area contributed by atoms with Crippen molar-refractivity contribution in [1.82, 2.24) is 24.6 Å². The lowest BCUT2D eigenvalue weighted by Gasteiger charge is -2.18. The molecule has 1 aliphatic heterocycles. The van der Waals surface area contributed by atoms with Crippen molar-refractivity contribution in [3.8, 4) is 11.4 Å². The summed E-state index contributed by atoms with van der Waals surface area (Å²) in [5.41, 5.74) is -0.446. The highest BCUT2D eigenvalue weighted by atomic mass is 19.4. The molecular weight excluding hydrogens is 387 g/mol. The van der Waals surface area contributed by atoms with Gasteiger partial charge in [0.15, 0.2) is 5.69 Å². The van der Waals surface area contributed by atoms with E-state index in [2.05, 4.69) is 31.8 Å². The number of hydrogen-bond donors (Lipinski definition) is 0. The maximum Gasteiger partial charge on any atom is 0.434 e. The van der Waals surface area contributed by atoms with Crippen LogP contribution in [0.1, 0.15) is 39.3 Å². The van der Waals surface area contributed by atoms with E-state index in [9.17, 15) is 18.0 Å². The third kappa shape index (κ3) is 7.12. The molecule has 2 aromatic rings. The normalized spacial score (nSPS) is 17.6. The highest BCUT2D eigenvalue weighted by Crippen LogP contribution is 2.27. The molecule has 0 spiro atoms. The van der Waals surface area contributed by atoms with Crippen molar-refractivity contribution in [2.24, 2.45) is 0 Å². The van der Waals surface area contributed by atoms with Crippen LogP contribution in [0.3, 0.4) is 0 Å². The molecule has 7 nitrogen and oxygen atoms in total. The van der Waals surface area contributed by atoms with E-state index < -0.39 is 11.9 Å². The fraction of sp³-hybridized carbons (Fsp3) is 0.579. The summed E-state index contributed by atoms with van der Waals surface area (Å²) in [6.07, 6.45) is 1.50. The minimum Gasteiger partial charge on any atom is -0.462 e. The van der Waals surface area contributed by atoms with Gasteiger partial charge in [-0.1, -0.05) is 0 Å². The van der Waals surface area contributed by atoms with Gasteiger partial charge in [-0.05, 0) is 53.3 Å². The van der Waals surface area contributed by atoms with Gasteiger partial charge in [0.05, 0.1) is 18.9 Å². The Morgan fingerprint density at radius 1 is 1.21 bits per heavy atom. The Kier molecular flexibility index (Phi) is 7.34. The van der Waals surface area contributed by atoms with E-state index in [1.165, 1.54) is 6.42 Å². The fourth-order valence-corrected chi connectivity index (χ4v) is 2.78. The standard InChI is InChI=1S/C14H16F3N5.C5H10O2/c1-21-5-2-3-10(21)9-22-6-4-11(20-22)12-7-19-13(8-18-12)14(15,16)17;1-5(2,3)7-4-6/h4,6-8,10H,2-3,5,9H2,1H3;4H,1-3H3/t10-;/m0./s1. The summed E-state index contributed by atoms with van der Waals surface area (Å²) in [6.45, 7) is 7.78. The molecule has 1 aliphatic rings. The van der Waals surface area contributed by atoms with E-state index >= 15 is 0 Å². The summed E-state index contributed by atoms with van der Waals surface area (Å²) in [4.78, 5) is 19.1. The second kappa shape index (κ2) is 9.34. The molecular formula is C19H26F3N5O2. The van der Waals surface area contributed by atoms with E-state index in [1.807, 2.05) is 27.0 Å². The van der Waals surface area contributed by atoms with E-state index in [1.54, 1.807) is 10.7 Å². The van der Waals surface area contributed by atoms with Crippen LogP contribution < -0.4 is 0 Å². The van der Waals surface area contributed by atoms with Gasteiger partial charge < -0.3 is 9.64 Å². The van der Waals surface area contributed by atoms with Crippen LogP contribution in [0.2, 0.25) is 0 Å². The first-order valence-corrected chi connectivity index (χ1v) is 9.24. The zero-order valence-corrected chi connectivity index (χ0v) is 17.0. The molecule has 0 radical (unpaired) electrons. The first kappa shape index (κ1) is 22.8. The lowest BCUT2D eigenvalue weighted by molar-refractivity contribution is -0.141. The molecule has 3 rings (SSSR count). The average Bonchev–Trinajstić information content (AvgIpc) is 3.24. The Bertz CT molecular complexity index is 784. The van der Waals surface area contributed by atoms with Crippen molar-refractivity contribution in [2.45, 2.75) is 58.0 Å². The molecule has 0 N–H and O–H groups in total. The summed E-state index contributed by atoms with van der Waals surface area (Å²) in [7, 11) is 2.09. The second-order valence-corrected chi connectivity index (χ2v) is 7.81. The van der Waals surface area contributed by atoms with Crippen molar-refractivity contribution in [2.75, 3.05) is 13.6 Å². The molecule has 10 heteroatoms. The van der Waals surface area contributed by atoms with Crippen molar-refractivity contribution >= 4 is 6.47 Å². The third-order valence-electron chi connectivity index (χ3n) is 4.32. The predicted molar refractivity (Wildman–Crippen MR) is 101 cm³/mol. The van der Waals surface area contributed by atoms with Gasteiger partial charge in [0.2, 0.25) is 0 Å². The van der Waals surface area contributed by atoms with Crippen LogP contribution >= 0.6 is 0 Å². The molecule has 0 aromatic carbocycles. The lowest BCUT2D eigenvalue weighted by Crippen LogP contribution is -2.29. The highest BCUT2D eigenvalue weighted by molar-refractivity contribution is 5.51. The van der Waals surface area contributed by atoms with Gasteiger partial charge >= 0.3 is 6.18 Å². The van der Waals surface area contributed by atoms with Gasteiger partial charge in [0.1, 0.15) is 17.0 Å². The zero-order chi connectivity index (χ0) is 21.7. The van der Waals surface area contributed by atoms with Gasteiger partial charge in [0, 0.05) is 12.2 Å². The van der Waals surface area contributed by atoms with E-state index in [-0.39, 0.29) is 5.60 Å². The Hall–Kier alpha value is -2.49. The predicted octanol–water partition coefficient (Wildman–Crippen LogP) is 3.41. The van der Waals surface area contributed by atoms with Crippen LogP contribution in [0.15, 0.2) is 24.7 Å². The molecule has 0 amide bonds. The fourth-order valence-electron chi connectivity index (χ4n) is 2.78. The number of hydrogen-bond acceptors (Lipinski definition) is 6. The smallest absolute Gasteiger partial charge is 0.434 e. The van der Waals surface area contributed by atoms with Crippen LogP contribution in [0.4, 0.5) is 13.2 Å². The molecule has 0 saturated carbocycles. The van der Waals surface area contributed by atoms with Crippen LogP contribution in [0, 0.1) is 0 Å². The monoisotopic (exact) mass is 413 g/mol. The number of halogens is 3. The number of rotatable bonds is 4. The summed E-state index contributed by atoms with van der Waals surface area (Å²) < 4.78 is 43.7. The Labute approximate surface area is 167 Å². The molecule has 160 valence electrons. The van der Waals surface area contributed by atoms with Gasteiger partial charge in [0.25, 0.3) is 6.47 Å². The molecule has 1 saturated heterocycles. The van der Waals surface area contributed by atoms with Crippen LogP contribution in [0.5, 0.6) is 0 Å². The summed E-state index contributed by atoms with van der Waals surface area (Å²) in [5.74, 6) is 0. The number of carbonyl (C=O) groups excluding carboxylic acids is 1. The largest absolute Gasteiger partial charge is 0.462 e. The molecule has 0 aliphatic carbocycles. The number of alkyl halides is 3. The van der Waals surface area contributed by atoms with E-state index in [0.29, 0.717) is 23.9 Å². The number of likely N-dealkylation sites (tertiary alicyclic amines) is 1. The first-order chi connectivity index (χ1) is 13.5. The van der Waals surface area contributed by atoms with E-state index in [4.69, 9.17) is 0 Å². The van der Waals surface area contributed by atoms with Crippen molar-refractivity contribution in [1.29, 1.82) is 0 Å². The summed E-state index contributed by atoms with van der Waals surface area (Å²) in [6, 6.07) is 2.19. The Balaban J connectivity index is 0.000000370. The van der Waals surface area contributed by atoms with Gasteiger partial charge in [-0.25, -0.2) is 4.98 Å². The maximum absolute atomic E-state index is 12.5. The second-order valence-electron chi connectivity index (χ2n) is 7.81. The molecule has 3 heterocycles. The lowest BCUT2D eigenvalue weighted by atomic mass is 10.2. The van der Waals surface area contributed by atoms with Crippen LogP contribution in [-0.4, -0.2) is 56.4 Å². The molecule has 0 unspecified atom stereocenters. The molecule has 2 aromatic heterocycles. The topological polar surface area (TPSA) is 73.1 Å². The minimum absolute atomic E-state index is 0.318. The van der Waals surface area contributed by atoms with Crippen molar-refractivity contribution < 1.29 is 22.7 Å². The van der Waals surface area contributed by atoms with Gasteiger partial charge in [-0.2, -0.15) is 18.3 Å². The van der Waals surface area contributed by atoms with Crippen LogP contribution in [0.25, 0.3) is 11.4 Å². The number of aromatic nitrogens is 4. The first-order valence-electron chi connectivity index (χ1n) is 9.24. The highest BCUT2D eigenvalue weighted by Gasteiger charge is 2.32. The van der Waals surface area contributed by atoms with Crippen LogP contribution in [-0.2, 0) is 22.3 Å². The quantitative estimate of drug-likeness (QED) is 0.716. The molecule has 1 atom stereocenters. The molecule has 1 fully saturated rings. The number of likely N-dealkylation sites (N-methyl/N-ethyl adjacent to an activating group) is 1. The average molecular weight is 413 g/mol. The van der Waals surface area contributed by atoms with E-state index in [0.717, 1.165) is 31.9 Å². The number of carbonyl (C=O) groups is 1. The van der Waals surface area contributed by atoms with Crippen molar-refractivity contribution in [3.63, 3.8) is 0 Å². The Morgan fingerprint density at radius 3 is 2.38 bits per heavy atom. The molecule has 29 heavy (non-hydrogen) atoms. The SMILES string of the molecule is CC(C)(C)OC=O.CN1CCC[C@H]1Cn1ccc(-c2cnc(C(F)(F)F)cn2)n1. The number of ether oxygens (including phenoxy) is 1. The summed E-state index contributed by atoms with van der Waals surface area (Å²) >= 11 is 0. The van der Waals surface area contributed by atoms with Crippen molar-refractivity contribution in [3.05, 3.63) is 30.4 Å². The van der Waals surface area contributed by atoms with Gasteiger partial charge in [-0.15, -0.1) is 0 Å². The molecule has 0 bridgehead atoms. The Morgan fingerprint density at radius 2 is 1.93 bits per heavy atom. The van der Waals surface area contributed by atoms with Gasteiger partial charge in [-0.3, -0.25) is 14.5 Å². The third-order valence-corrected chi connectivity index (χ3v) is 4.32. The summed E-state index contributed by atoms with van der Waals surface area (Å²) in [5, 5.41) is 4.38. The minimum atomic E-state index is -4.47.